The van der Waals surface area contributed by atoms with Crippen molar-refractivity contribution >= 4 is 11.3 Å². The lowest BCUT2D eigenvalue weighted by Gasteiger charge is -2.34. The summed E-state index contributed by atoms with van der Waals surface area (Å²) in [4.78, 5) is 1.46. The molecule has 1 aliphatic rings. The van der Waals surface area contributed by atoms with E-state index in [1.807, 2.05) is 11.3 Å². The summed E-state index contributed by atoms with van der Waals surface area (Å²) in [6, 6.07) is 4.88. The smallest absolute Gasteiger partial charge is 0.0386 e. The molecule has 0 bridgehead atoms. The Balaban J connectivity index is 1.82. The lowest BCUT2D eigenvalue weighted by atomic mass is 9.75. The maximum absolute atomic E-state index is 3.71. The fourth-order valence-electron chi connectivity index (χ4n) is 2.62. The van der Waals surface area contributed by atoms with Gasteiger partial charge < -0.3 is 5.32 Å². The highest BCUT2D eigenvalue weighted by atomic mass is 32.1. The highest BCUT2D eigenvalue weighted by molar-refractivity contribution is 7.10. The van der Waals surface area contributed by atoms with Gasteiger partial charge in [-0.3, -0.25) is 0 Å². The predicted molar refractivity (Wildman–Crippen MR) is 71.9 cm³/mol. The van der Waals surface area contributed by atoms with Gasteiger partial charge in [0.05, 0.1) is 0 Å². The number of thiophene rings is 1. The van der Waals surface area contributed by atoms with Gasteiger partial charge in [0.15, 0.2) is 0 Å². The van der Waals surface area contributed by atoms with E-state index in [0.717, 1.165) is 0 Å². The van der Waals surface area contributed by atoms with Crippen molar-refractivity contribution in [1.82, 2.24) is 5.32 Å². The summed E-state index contributed by atoms with van der Waals surface area (Å²) in [5, 5.41) is 5.87. The van der Waals surface area contributed by atoms with Gasteiger partial charge in [0.2, 0.25) is 0 Å². The first kappa shape index (κ1) is 12.1. The van der Waals surface area contributed by atoms with Crippen LogP contribution in [0.4, 0.5) is 0 Å². The van der Waals surface area contributed by atoms with Crippen molar-refractivity contribution < 1.29 is 0 Å². The van der Waals surface area contributed by atoms with Crippen molar-refractivity contribution in [2.24, 2.45) is 5.41 Å². The van der Waals surface area contributed by atoms with Crippen LogP contribution in [0.2, 0.25) is 0 Å². The van der Waals surface area contributed by atoms with Crippen molar-refractivity contribution in [3.63, 3.8) is 0 Å². The van der Waals surface area contributed by atoms with Crippen LogP contribution in [0.3, 0.4) is 0 Å². The molecule has 1 aromatic heterocycles. The monoisotopic (exact) mass is 237 g/mol. The minimum atomic E-state index is 0.513. The lowest BCUT2D eigenvalue weighted by molar-refractivity contribution is 0.202. The van der Waals surface area contributed by atoms with Crippen LogP contribution in [0.15, 0.2) is 17.5 Å². The first-order valence-corrected chi connectivity index (χ1v) is 7.34. The Morgan fingerprint density at radius 2 is 2.12 bits per heavy atom. The Labute approximate surface area is 103 Å². The molecule has 1 fully saturated rings. The van der Waals surface area contributed by atoms with Crippen molar-refractivity contribution in [3.05, 3.63) is 22.4 Å². The fourth-order valence-corrected chi connectivity index (χ4v) is 3.38. The van der Waals surface area contributed by atoms with Crippen molar-refractivity contribution in [1.29, 1.82) is 0 Å². The Bertz CT molecular complexity index is 299. The minimum absolute atomic E-state index is 0.513. The van der Waals surface area contributed by atoms with Crippen LogP contribution in [0.25, 0.3) is 0 Å². The van der Waals surface area contributed by atoms with Crippen LogP contribution in [0.5, 0.6) is 0 Å². The minimum Gasteiger partial charge on any atom is -0.309 e. The van der Waals surface area contributed by atoms with Crippen LogP contribution in [-0.4, -0.2) is 6.54 Å². The number of nitrogens with one attached hydrogen (secondary N) is 1. The third-order valence-electron chi connectivity index (χ3n) is 3.87. The third-order valence-corrected chi connectivity index (χ3v) is 4.92. The molecule has 1 unspecified atom stereocenters. The van der Waals surface area contributed by atoms with Crippen LogP contribution in [0, 0.1) is 5.41 Å². The van der Waals surface area contributed by atoms with Gasteiger partial charge in [-0.2, -0.15) is 0 Å². The van der Waals surface area contributed by atoms with Gasteiger partial charge in [-0.15, -0.1) is 11.3 Å². The summed E-state index contributed by atoms with van der Waals surface area (Å²) < 4.78 is 0. The molecular formula is C14H23NS. The highest BCUT2D eigenvalue weighted by Crippen LogP contribution is 2.35. The summed E-state index contributed by atoms with van der Waals surface area (Å²) in [5.41, 5.74) is 0.545. The molecule has 0 amide bonds. The van der Waals surface area contributed by atoms with Crippen LogP contribution < -0.4 is 5.32 Å². The SMILES string of the molecule is CC(NCC1(C)CCCCC1)c1cccs1. The molecule has 1 aliphatic carbocycles. The second-order valence-electron chi connectivity index (χ2n) is 5.49. The van der Waals surface area contributed by atoms with E-state index in [-0.39, 0.29) is 0 Å². The molecule has 16 heavy (non-hydrogen) atoms. The summed E-state index contributed by atoms with van der Waals surface area (Å²) in [6.45, 7) is 5.89. The first-order chi connectivity index (χ1) is 7.70. The largest absolute Gasteiger partial charge is 0.309 e. The molecule has 1 heterocycles. The molecule has 0 radical (unpaired) electrons. The van der Waals surface area contributed by atoms with Gasteiger partial charge in [-0.25, -0.2) is 0 Å². The van der Waals surface area contributed by atoms with Gasteiger partial charge in [0, 0.05) is 17.5 Å². The van der Waals surface area contributed by atoms with Crippen molar-refractivity contribution in [3.8, 4) is 0 Å². The molecule has 1 atom stereocenters. The first-order valence-electron chi connectivity index (χ1n) is 6.46. The van der Waals surface area contributed by atoms with E-state index in [0.29, 0.717) is 11.5 Å². The molecule has 1 N–H and O–H groups in total. The summed E-state index contributed by atoms with van der Waals surface area (Å²) in [6.07, 6.45) is 7.08. The van der Waals surface area contributed by atoms with Gasteiger partial charge in [0.25, 0.3) is 0 Å². The van der Waals surface area contributed by atoms with Crippen LogP contribution >= 0.6 is 11.3 Å². The summed E-state index contributed by atoms with van der Waals surface area (Å²) in [7, 11) is 0. The van der Waals surface area contributed by atoms with Crippen molar-refractivity contribution in [2.45, 2.75) is 52.0 Å². The maximum Gasteiger partial charge on any atom is 0.0386 e. The van der Waals surface area contributed by atoms with E-state index in [2.05, 4.69) is 36.7 Å². The molecule has 1 saturated carbocycles. The average molecular weight is 237 g/mol. The van der Waals surface area contributed by atoms with E-state index in [4.69, 9.17) is 0 Å². The standard InChI is InChI=1S/C14H23NS/c1-12(13-7-6-10-16-13)15-11-14(2)8-4-3-5-9-14/h6-7,10,12,15H,3-5,8-9,11H2,1-2H3. The van der Waals surface area contributed by atoms with Crippen molar-refractivity contribution in [2.75, 3.05) is 6.54 Å². The molecule has 1 aromatic rings. The Morgan fingerprint density at radius 1 is 1.38 bits per heavy atom. The zero-order valence-corrected chi connectivity index (χ0v) is 11.3. The zero-order chi connectivity index (χ0) is 11.4. The molecule has 2 heteroatoms. The molecule has 90 valence electrons. The van der Waals surface area contributed by atoms with Gasteiger partial charge >= 0.3 is 0 Å². The molecular weight excluding hydrogens is 214 g/mol. The molecule has 0 spiro atoms. The quantitative estimate of drug-likeness (QED) is 0.820. The normalized spacial score (nSPS) is 21.9. The molecule has 1 nitrogen and oxygen atoms in total. The van der Waals surface area contributed by atoms with Gasteiger partial charge in [-0.05, 0) is 36.6 Å². The van der Waals surface area contributed by atoms with E-state index < -0.39 is 0 Å². The Morgan fingerprint density at radius 3 is 2.75 bits per heavy atom. The number of hydrogen-bond acceptors (Lipinski definition) is 2. The van der Waals surface area contributed by atoms with Gasteiger partial charge in [-0.1, -0.05) is 32.3 Å². The highest BCUT2D eigenvalue weighted by Gasteiger charge is 2.26. The molecule has 0 aromatic carbocycles. The molecule has 2 rings (SSSR count). The number of hydrogen-bond donors (Lipinski definition) is 1. The Kier molecular flexibility index (Phi) is 4.04. The zero-order valence-electron chi connectivity index (χ0n) is 10.5. The van der Waals surface area contributed by atoms with Crippen LogP contribution in [0.1, 0.15) is 56.9 Å². The van der Waals surface area contributed by atoms with E-state index in [1.165, 1.54) is 43.5 Å². The van der Waals surface area contributed by atoms with E-state index in [1.54, 1.807) is 0 Å². The summed E-state index contributed by atoms with van der Waals surface area (Å²) in [5.74, 6) is 0. The number of rotatable bonds is 4. The summed E-state index contributed by atoms with van der Waals surface area (Å²) >= 11 is 1.85. The predicted octanol–water partition coefficient (Wildman–Crippen LogP) is 4.37. The topological polar surface area (TPSA) is 12.0 Å². The third kappa shape index (κ3) is 3.08. The second kappa shape index (κ2) is 5.33. The average Bonchev–Trinajstić information content (AvgIpc) is 2.80. The fraction of sp³-hybridized carbons (Fsp3) is 0.714. The molecule has 0 saturated heterocycles. The maximum atomic E-state index is 3.71. The van der Waals surface area contributed by atoms with E-state index in [9.17, 15) is 0 Å². The van der Waals surface area contributed by atoms with E-state index >= 15 is 0 Å². The second-order valence-corrected chi connectivity index (χ2v) is 6.47. The lowest BCUT2D eigenvalue weighted by Crippen LogP contribution is -2.34. The Hall–Kier alpha value is -0.340. The van der Waals surface area contributed by atoms with Crippen LogP contribution in [-0.2, 0) is 0 Å². The van der Waals surface area contributed by atoms with Gasteiger partial charge in [0.1, 0.15) is 0 Å². The molecule has 0 aliphatic heterocycles.